The number of hydrazine groups is 1. The Morgan fingerprint density at radius 3 is 2.51 bits per heavy atom. The number of fused-ring (bicyclic) bond motifs is 1. The molecular formula is C29H29N5O5. The Hall–Kier alpha value is -4.75. The third-order valence-corrected chi connectivity index (χ3v) is 6.89. The molecule has 2 atom stereocenters. The molecule has 2 fully saturated rings. The molecule has 200 valence electrons. The molecule has 0 bridgehead atoms. The van der Waals surface area contributed by atoms with Crippen LogP contribution in [0.15, 0.2) is 77.4 Å². The highest BCUT2D eigenvalue weighted by atomic mass is 16.3. The van der Waals surface area contributed by atoms with Crippen molar-refractivity contribution in [2.75, 3.05) is 19.6 Å². The van der Waals surface area contributed by atoms with Gasteiger partial charge < -0.3 is 24.6 Å². The highest BCUT2D eigenvalue weighted by Gasteiger charge is 2.51. The molecule has 2 aromatic carbocycles. The number of rotatable bonds is 7. The van der Waals surface area contributed by atoms with Gasteiger partial charge in [0.2, 0.25) is 11.8 Å². The Morgan fingerprint density at radius 1 is 1.05 bits per heavy atom. The van der Waals surface area contributed by atoms with Gasteiger partial charge in [-0.2, -0.15) is 5.01 Å². The summed E-state index contributed by atoms with van der Waals surface area (Å²) >= 11 is 0. The summed E-state index contributed by atoms with van der Waals surface area (Å²) in [5, 5.41) is 15.7. The zero-order chi connectivity index (χ0) is 27.4. The third kappa shape index (κ3) is 5.58. The average Bonchev–Trinajstić information content (AvgIpc) is 3.45. The molecule has 4 amide bonds. The number of aromatic hydroxyl groups is 1. The fraction of sp³-hybridized carbons (Fsp3) is 0.276. The first kappa shape index (κ1) is 25.9. The Morgan fingerprint density at radius 2 is 1.82 bits per heavy atom. The Kier molecular flexibility index (Phi) is 7.52. The lowest BCUT2D eigenvalue weighted by Crippen LogP contribution is -2.76. The normalized spacial score (nSPS) is 19.5. The lowest BCUT2D eigenvalue weighted by atomic mass is 9.98. The van der Waals surface area contributed by atoms with E-state index >= 15 is 0 Å². The lowest BCUT2D eigenvalue weighted by Gasteiger charge is -2.54. The predicted molar refractivity (Wildman–Crippen MR) is 141 cm³/mol. The SMILES string of the molecule is C#CCN1CC(=O)N2[C@@H](Cc3ccc(O)cc3)C(=O)N(Cc3ccco3)C[C@@H]2N1C(=O)NCc1ccccc1. The fourth-order valence-corrected chi connectivity index (χ4v) is 5.08. The summed E-state index contributed by atoms with van der Waals surface area (Å²) < 4.78 is 5.50. The fourth-order valence-electron chi connectivity index (χ4n) is 5.08. The zero-order valence-corrected chi connectivity index (χ0v) is 21.3. The molecule has 0 unspecified atom stereocenters. The van der Waals surface area contributed by atoms with Crippen LogP contribution < -0.4 is 5.32 Å². The summed E-state index contributed by atoms with van der Waals surface area (Å²) in [6.45, 7) is 0.454. The van der Waals surface area contributed by atoms with Gasteiger partial charge in [-0.05, 0) is 35.4 Å². The van der Waals surface area contributed by atoms with Gasteiger partial charge in [0.05, 0.1) is 32.4 Å². The number of urea groups is 1. The number of amides is 4. The van der Waals surface area contributed by atoms with E-state index in [1.165, 1.54) is 28.3 Å². The van der Waals surface area contributed by atoms with E-state index in [2.05, 4.69) is 11.2 Å². The summed E-state index contributed by atoms with van der Waals surface area (Å²) in [6.07, 6.45) is 6.57. The molecule has 10 heteroatoms. The standard InChI is InChI=1S/C29H29N5O5/c1-2-14-32-20-27(36)33-25(16-21-10-12-23(35)13-11-21)28(37)31(18-24-9-6-15-39-24)19-26(33)34(32)29(38)30-17-22-7-4-3-5-8-22/h1,3-13,15,25-26,35H,14,16-20H2,(H,30,38)/t25-,26-/m0/s1. The van der Waals surface area contributed by atoms with Crippen molar-refractivity contribution in [3.63, 3.8) is 0 Å². The number of terminal acetylenes is 1. The second kappa shape index (κ2) is 11.3. The number of hydrogen-bond donors (Lipinski definition) is 2. The van der Waals surface area contributed by atoms with Gasteiger partial charge in [-0.15, -0.1) is 6.42 Å². The number of phenolic OH excluding ortho intramolecular Hbond substituents is 1. The van der Waals surface area contributed by atoms with Crippen molar-refractivity contribution in [3.05, 3.63) is 89.9 Å². The minimum Gasteiger partial charge on any atom is -0.508 e. The molecule has 0 saturated carbocycles. The maximum absolute atomic E-state index is 13.8. The smallest absolute Gasteiger partial charge is 0.334 e. The van der Waals surface area contributed by atoms with Gasteiger partial charge in [-0.3, -0.25) is 9.59 Å². The number of nitrogens with one attached hydrogen (secondary N) is 1. The quantitative estimate of drug-likeness (QED) is 0.456. The van der Waals surface area contributed by atoms with Crippen LogP contribution in [0.3, 0.4) is 0 Å². The van der Waals surface area contributed by atoms with Crippen LogP contribution >= 0.6 is 0 Å². The van der Waals surface area contributed by atoms with Crippen LogP contribution in [0.5, 0.6) is 5.75 Å². The minimum absolute atomic E-state index is 0.0452. The molecule has 3 aromatic rings. The molecule has 2 saturated heterocycles. The van der Waals surface area contributed by atoms with E-state index in [1.807, 2.05) is 30.3 Å². The molecule has 0 spiro atoms. The second-order valence-electron chi connectivity index (χ2n) is 9.48. The number of hydrogen-bond acceptors (Lipinski definition) is 6. The van der Waals surface area contributed by atoms with Gasteiger partial charge >= 0.3 is 6.03 Å². The Balaban J connectivity index is 1.48. The molecule has 2 aliphatic rings. The molecular weight excluding hydrogens is 498 g/mol. The van der Waals surface area contributed by atoms with Crippen LogP contribution in [0.1, 0.15) is 16.9 Å². The van der Waals surface area contributed by atoms with Gasteiger partial charge in [-0.25, -0.2) is 9.80 Å². The zero-order valence-electron chi connectivity index (χ0n) is 21.3. The van der Waals surface area contributed by atoms with E-state index in [4.69, 9.17) is 10.8 Å². The maximum Gasteiger partial charge on any atom is 0.334 e. The summed E-state index contributed by atoms with van der Waals surface area (Å²) in [5.41, 5.74) is 1.69. The molecule has 5 rings (SSSR count). The highest BCUT2D eigenvalue weighted by molar-refractivity contribution is 5.91. The largest absolute Gasteiger partial charge is 0.508 e. The predicted octanol–water partition coefficient (Wildman–Crippen LogP) is 2.17. The third-order valence-electron chi connectivity index (χ3n) is 6.89. The van der Waals surface area contributed by atoms with Crippen LogP contribution in [0, 0.1) is 12.3 Å². The number of carbonyl (C=O) groups is 3. The van der Waals surface area contributed by atoms with Gasteiger partial charge in [0.1, 0.15) is 23.7 Å². The molecule has 0 aliphatic carbocycles. The van der Waals surface area contributed by atoms with Crippen molar-refractivity contribution in [1.82, 2.24) is 25.1 Å². The summed E-state index contributed by atoms with van der Waals surface area (Å²) in [4.78, 5) is 44.1. The van der Waals surface area contributed by atoms with E-state index in [0.29, 0.717) is 5.76 Å². The average molecular weight is 528 g/mol. The molecule has 0 radical (unpaired) electrons. The Labute approximate surface area is 226 Å². The van der Waals surface area contributed by atoms with E-state index < -0.39 is 18.2 Å². The molecule has 1 aromatic heterocycles. The van der Waals surface area contributed by atoms with Gasteiger partial charge in [0.25, 0.3) is 0 Å². The minimum atomic E-state index is -0.867. The van der Waals surface area contributed by atoms with Crippen molar-refractivity contribution < 1.29 is 23.9 Å². The first-order valence-corrected chi connectivity index (χ1v) is 12.6. The molecule has 2 aliphatic heterocycles. The summed E-state index contributed by atoms with van der Waals surface area (Å²) in [5.74, 6) is 2.68. The first-order chi connectivity index (χ1) is 18.9. The molecule has 10 nitrogen and oxygen atoms in total. The van der Waals surface area contributed by atoms with Crippen LogP contribution in [0.2, 0.25) is 0 Å². The number of furan rings is 1. The number of benzene rings is 2. The van der Waals surface area contributed by atoms with Gasteiger partial charge in [0.15, 0.2) is 0 Å². The molecule has 39 heavy (non-hydrogen) atoms. The molecule has 2 N–H and O–H groups in total. The highest BCUT2D eigenvalue weighted by Crippen LogP contribution is 2.29. The number of nitrogens with zero attached hydrogens (tertiary/aromatic N) is 4. The summed E-state index contributed by atoms with van der Waals surface area (Å²) in [6, 6.07) is 18.2. The van der Waals surface area contributed by atoms with E-state index in [9.17, 15) is 19.5 Å². The van der Waals surface area contributed by atoms with Crippen LogP contribution in [-0.4, -0.2) is 74.6 Å². The van der Waals surface area contributed by atoms with Crippen LogP contribution in [-0.2, 0) is 29.1 Å². The van der Waals surface area contributed by atoms with Crippen molar-refractivity contribution >= 4 is 17.8 Å². The monoisotopic (exact) mass is 527 g/mol. The second-order valence-corrected chi connectivity index (χ2v) is 9.48. The Bertz CT molecular complexity index is 1350. The first-order valence-electron chi connectivity index (χ1n) is 12.6. The van der Waals surface area contributed by atoms with Crippen molar-refractivity contribution in [2.45, 2.75) is 31.7 Å². The number of carbonyl (C=O) groups excluding carboxylic acids is 3. The van der Waals surface area contributed by atoms with Crippen molar-refractivity contribution in [2.24, 2.45) is 0 Å². The summed E-state index contributed by atoms with van der Waals surface area (Å²) in [7, 11) is 0. The van der Waals surface area contributed by atoms with E-state index in [1.54, 1.807) is 34.2 Å². The van der Waals surface area contributed by atoms with Crippen molar-refractivity contribution in [3.8, 4) is 18.1 Å². The van der Waals surface area contributed by atoms with Gasteiger partial charge in [-0.1, -0.05) is 48.4 Å². The van der Waals surface area contributed by atoms with Crippen molar-refractivity contribution in [1.29, 1.82) is 0 Å². The molecule has 3 heterocycles. The van der Waals surface area contributed by atoms with Crippen LogP contribution in [0.4, 0.5) is 4.79 Å². The lowest BCUT2D eigenvalue weighted by molar-refractivity contribution is -0.189. The topological polar surface area (TPSA) is 110 Å². The van der Waals surface area contributed by atoms with E-state index in [0.717, 1.165) is 11.1 Å². The number of phenols is 1. The maximum atomic E-state index is 13.8. The number of piperazine rings is 1. The van der Waals surface area contributed by atoms with E-state index in [-0.39, 0.29) is 56.7 Å². The van der Waals surface area contributed by atoms with Crippen LogP contribution in [0.25, 0.3) is 0 Å². The van der Waals surface area contributed by atoms with Gasteiger partial charge in [0, 0.05) is 13.0 Å².